The summed E-state index contributed by atoms with van der Waals surface area (Å²) in [6.07, 6.45) is -4.79. The third kappa shape index (κ3) is 2.90. The molecule has 2 nitrogen and oxygen atoms in total. The third-order valence-electron chi connectivity index (χ3n) is 2.87. The molecule has 22 heavy (non-hydrogen) atoms. The molecule has 0 aliphatic rings. The number of aromatic carboxylic acids is 1. The van der Waals surface area contributed by atoms with Crippen molar-refractivity contribution < 1.29 is 36.2 Å². The van der Waals surface area contributed by atoms with Crippen LogP contribution in [0.3, 0.4) is 0 Å². The fraction of sp³-hybridized carbons (Fsp3) is 0.0714. The average molecular weight is 320 g/mol. The summed E-state index contributed by atoms with van der Waals surface area (Å²) in [6, 6.07) is 1.89. The second kappa shape index (κ2) is 5.36. The van der Waals surface area contributed by atoms with Gasteiger partial charge < -0.3 is 5.11 Å². The number of hydrogen-bond acceptors (Lipinski definition) is 1. The van der Waals surface area contributed by atoms with Gasteiger partial charge in [-0.2, -0.15) is 13.2 Å². The van der Waals surface area contributed by atoms with Gasteiger partial charge in [0.25, 0.3) is 0 Å². The Bertz CT molecular complexity index is 752. The van der Waals surface area contributed by atoms with Crippen molar-refractivity contribution in [1.29, 1.82) is 0 Å². The zero-order valence-corrected chi connectivity index (χ0v) is 10.5. The molecule has 2 aromatic carbocycles. The maximum absolute atomic E-state index is 13.8. The highest BCUT2D eigenvalue weighted by Gasteiger charge is 2.31. The molecule has 0 spiro atoms. The van der Waals surface area contributed by atoms with Crippen molar-refractivity contribution in [3.05, 3.63) is 58.9 Å². The van der Waals surface area contributed by atoms with Crippen molar-refractivity contribution in [2.45, 2.75) is 6.18 Å². The summed E-state index contributed by atoms with van der Waals surface area (Å²) >= 11 is 0. The lowest BCUT2D eigenvalue weighted by Crippen LogP contribution is -2.06. The van der Waals surface area contributed by atoms with E-state index in [4.69, 9.17) is 5.11 Å². The number of alkyl halides is 3. The Morgan fingerprint density at radius 3 is 2.00 bits per heavy atom. The molecule has 0 fully saturated rings. The lowest BCUT2D eigenvalue weighted by Gasteiger charge is -2.11. The number of benzene rings is 2. The largest absolute Gasteiger partial charge is 0.478 e. The second-order valence-corrected chi connectivity index (χ2v) is 4.31. The first-order valence-corrected chi connectivity index (χ1v) is 5.70. The van der Waals surface area contributed by atoms with E-state index in [-0.39, 0.29) is 6.07 Å². The Morgan fingerprint density at radius 1 is 0.864 bits per heavy atom. The Labute approximate surface area is 119 Å². The molecule has 8 heteroatoms. The molecular weight excluding hydrogens is 314 g/mol. The number of rotatable bonds is 2. The lowest BCUT2D eigenvalue weighted by atomic mass is 9.99. The van der Waals surface area contributed by atoms with Crippen LogP contribution >= 0.6 is 0 Å². The van der Waals surface area contributed by atoms with Gasteiger partial charge in [-0.15, -0.1) is 0 Å². The van der Waals surface area contributed by atoms with Crippen LogP contribution in [0, 0.1) is 17.5 Å². The SMILES string of the molecule is O=C(O)c1cc(F)c(-c2cc(C(F)(F)F)ccc2F)cc1F. The zero-order chi connectivity index (χ0) is 16.7. The highest BCUT2D eigenvalue weighted by atomic mass is 19.4. The Kier molecular flexibility index (Phi) is 3.87. The maximum atomic E-state index is 13.8. The first-order valence-electron chi connectivity index (χ1n) is 5.70. The number of carboxylic acids is 1. The molecule has 0 saturated carbocycles. The van der Waals surface area contributed by atoms with Gasteiger partial charge in [-0.3, -0.25) is 0 Å². The zero-order valence-electron chi connectivity index (χ0n) is 10.5. The minimum Gasteiger partial charge on any atom is -0.478 e. The summed E-state index contributed by atoms with van der Waals surface area (Å²) in [6.45, 7) is 0. The number of hydrogen-bond donors (Lipinski definition) is 1. The van der Waals surface area contributed by atoms with Crippen LogP contribution in [-0.2, 0) is 6.18 Å². The van der Waals surface area contributed by atoms with E-state index >= 15 is 0 Å². The molecule has 2 rings (SSSR count). The van der Waals surface area contributed by atoms with Gasteiger partial charge in [0.1, 0.15) is 17.5 Å². The highest BCUT2D eigenvalue weighted by Crippen LogP contribution is 2.35. The third-order valence-corrected chi connectivity index (χ3v) is 2.87. The molecule has 0 saturated heterocycles. The summed E-state index contributed by atoms with van der Waals surface area (Å²) < 4.78 is 78.8. The van der Waals surface area contributed by atoms with E-state index in [0.717, 1.165) is 0 Å². The van der Waals surface area contributed by atoms with Gasteiger partial charge in [0.15, 0.2) is 0 Å². The molecule has 0 bridgehead atoms. The predicted molar refractivity (Wildman–Crippen MR) is 63.7 cm³/mol. The van der Waals surface area contributed by atoms with Gasteiger partial charge in [0.05, 0.1) is 11.1 Å². The van der Waals surface area contributed by atoms with E-state index in [2.05, 4.69) is 0 Å². The molecule has 116 valence electrons. The maximum Gasteiger partial charge on any atom is 0.416 e. The van der Waals surface area contributed by atoms with Crippen LogP contribution in [0.2, 0.25) is 0 Å². The minimum atomic E-state index is -4.79. The molecule has 0 amide bonds. The fourth-order valence-corrected chi connectivity index (χ4v) is 1.83. The number of carbonyl (C=O) groups is 1. The average Bonchev–Trinajstić information content (AvgIpc) is 2.40. The summed E-state index contributed by atoms with van der Waals surface area (Å²) in [4.78, 5) is 10.6. The standard InChI is InChI=1S/C14H6F6O2/c15-10-2-1-6(14(18,19)20)3-7(10)8-4-12(17)9(13(21)22)5-11(8)16/h1-5H,(H,21,22). The summed E-state index contributed by atoms with van der Waals surface area (Å²) in [5.74, 6) is -5.69. The molecule has 1 N–H and O–H groups in total. The van der Waals surface area contributed by atoms with Gasteiger partial charge in [-0.05, 0) is 30.3 Å². The van der Waals surface area contributed by atoms with E-state index in [1.54, 1.807) is 0 Å². The van der Waals surface area contributed by atoms with Gasteiger partial charge >= 0.3 is 12.1 Å². The molecule has 0 atom stereocenters. The van der Waals surface area contributed by atoms with Crippen molar-refractivity contribution >= 4 is 5.97 Å². The molecule has 0 heterocycles. The molecule has 0 unspecified atom stereocenters. The predicted octanol–water partition coefficient (Wildman–Crippen LogP) is 4.49. The topological polar surface area (TPSA) is 37.3 Å². The Balaban J connectivity index is 2.67. The van der Waals surface area contributed by atoms with Gasteiger partial charge in [0.2, 0.25) is 0 Å². The minimum absolute atomic E-state index is 0.284. The highest BCUT2D eigenvalue weighted by molar-refractivity contribution is 5.88. The van der Waals surface area contributed by atoms with Crippen LogP contribution in [0.4, 0.5) is 26.3 Å². The van der Waals surface area contributed by atoms with E-state index in [1.165, 1.54) is 0 Å². The van der Waals surface area contributed by atoms with Crippen molar-refractivity contribution in [2.75, 3.05) is 0 Å². The number of carboxylic acid groups (broad SMARTS) is 1. The van der Waals surface area contributed by atoms with Crippen molar-refractivity contribution in [3.63, 3.8) is 0 Å². The molecule has 2 aromatic rings. The van der Waals surface area contributed by atoms with Gasteiger partial charge in [0, 0.05) is 11.1 Å². The normalized spacial score (nSPS) is 11.5. The van der Waals surface area contributed by atoms with E-state index < -0.39 is 51.9 Å². The molecule has 0 aliphatic heterocycles. The van der Waals surface area contributed by atoms with Gasteiger partial charge in [-0.25, -0.2) is 18.0 Å². The molecule has 0 aliphatic carbocycles. The van der Waals surface area contributed by atoms with Crippen LogP contribution in [0.15, 0.2) is 30.3 Å². The van der Waals surface area contributed by atoms with Crippen molar-refractivity contribution in [1.82, 2.24) is 0 Å². The quantitative estimate of drug-likeness (QED) is 0.828. The summed E-state index contributed by atoms with van der Waals surface area (Å²) in [5.41, 5.74) is -3.87. The van der Waals surface area contributed by atoms with Crippen LogP contribution in [0.5, 0.6) is 0 Å². The van der Waals surface area contributed by atoms with E-state index in [9.17, 15) is 31.1 Å². The van der Waals surface area contributed by atoms with E-state index in [1.807, 2.05) is 0 Å². The van der Waals surface area contributed by atoms with Crippen LogP contribution in [-0.4, -0.2) is 11.1 Å². The lowest BCUT2D eigenvalue weighted by molar-refractivity contribution is -0.137. The molecule has 0 radical (unpaired) electrons. The number of halogens is 6. The van der Waals surface area contributed by atoms with Crippen LogP contribution in [0.1, 0.15) is 15.9 Å². The molecule has 0 aromatic heterocycles. The fourth-order valence-electron chi connectivity index (χ4n) is 1.83. The van der Waals surface area contributed by atoms with Crippen molar-refractivity contribution in [3.8, 4) is 11.1 Å². The van der Waals surface area contributed by atoms with Crippen molar-refractivity contribution in [2.24, 2.45) is 0 Å². The monoisotopic (exact) mass is 320 g/mol. The van der Waals surface area contributed by atoms with Crippen LogP contribution in [0.25, 0.3) is 11.1 Å². The smallest absolute Gasteiger partial charge is 0.416 e. The Morgan fingerprint density at radius 2 is 1.45 bits per heavy atom. The van der Waals surface area contributed by atoms with Crippen LogP contribution < -0.4 is 0 Å². The van der Waals surface area contributed by atoms with E-state index in [0.29, 0.717) is 24.3 Å². The second-order valence-electron chi connectivity index (χ2n) is 4.31. The Hall–Kier alpha value is -2.51. The molecular formula is C14H6F6O2. The summed E-state index contributed by atoms with van der Waals surface area (Å²) in [7, 11) is 0. The van der Waals surface area contributed by atoms with Gasteiger partial charge in [-0.1, -0.05) is 0 Å². The first-order chi connectivity index (χ1) is 10.1. The summed E-state index contributed by atoms with van der Waals surface area (Å²) in [5, 5.41) is 8.63. The first kappa shape index (κ1) is 15.9.